The van der Waals surface area contributed by atoms with E-state index in [1.165, 1.54) is 10.4 Å². The molecule has 1 amide bonds. The molecule has 158 valence electrons. The van der Waals surface area contributed by atoms with Gasteiger partial charge in [-0.3, -0.25) is 9.69 Å². The lowest BCUT2D eigenvalue weighted by molar-refractivity contribution is -0.132. The maximum absolute atomic E-state index is 12.4. The van der Waals surface area contributed by atoms with Crippen LogP contribution < -0.4 is 0 Å². The molecule has 0 radical (unpaired) electrons. The summed E-state index contributed by atoms with van der Waals surface area (Å²) < 4.78 is 5.41. The summed E-state index contributed by atoms with van der Waals surface area (Å²) in [5.74, 6) is 1.62. The van der Waals surface area contributed by atoms with Gasteiger partial charge in [0.2, 0.25) is 17.6 Å². The number of amides is 1. The SMILES string of the molecule is Cc1ccc(-c2noc(CCCN3CCN(C(=O)CCc4cccs4)CC3)n2)cc1. The van der Waals surface area contributed by atoms with Crippen LogP contribution in [0.25, 0.3) is 11.4 Å². The molecule has 30 heavy (non-hydrogen) atoms. The zero-order valence-electron chi connectivity index (χ0n) is 17.4. The number of rotatable bonds is 8. The lowest BCUT2D eigenvalue weighted by Crippen LogP contribution is -2.48. The number of nitrogens with zero attached hydrogens (tertiary/aromatic N) is 4. The number of carbonyl (C=O) groups excluding carboxylic acids is 1. The van der Waals surface area contributed by atoms with Gasteiger partial charge >= 0.3 is 0 Å². The second-order valence-corrected chi connectivity index (χ2v) is 8.82. The molecular weight excluding hydrogens is 396 g/mol. The Morgan fingerprint density at radius 1 is 1.10 bits per heavy atom. The topological polar surface area (TPSA) is 62.5 Å². The van der Waals surface area contributed by atoms with E-state index in [-0.39, 0.29) is 5.91 Å². The molecule has 6 nitrogen and oxygen atoms in total. The summed E-state index contributed by atoms with van der Waals surface area (Å²) in [4.78, 5) is 22.7. The largest absolute Gasteiger partial charge is 0.340 e. The molecule has 1 aliphatic heterocycles. The van der Waals surface area contributed by atoms with E-state index in [1.807, 2.05) is 23.1 Å². The third-order valence-electron chi connectivity index (χ3n) is 5.53. The fourth-order valence-corrected chi connectivity index (χ4v) is 4.40. The van der Waals surface area contributed by atoms with E-state index >= 15 is 0 Å². The minimum atomic E-state index is 0.276. The standard InChI is InChI=1S/C23H28N4O2S/c1-18-6-8-19(9-7-18)23-24-21(29-25-23)5-2-12-26-13-15-27(16-14-26)22(28)11-10-20-4-3-17-30-20/h3-4,6-9,17H,2,5,10-16H2,1H3. The van der Waals surface area contributed by atoms with Gasteiger partial charge in [-0.25, -0.2) is 0 Å². The molecule has 3 aromatic rings. The highest BCUT2D eigenvalue weighted by Crippen LogP contribution is 2.17. The number of carbonyl (C=O) groups is 1. The van der Waals surface area contributed by atoms with Crippen LogP contribution in [-0.2, 0) is 17.6 Å². The molecule has 0 saturated carbocycles. The quantitative estimate of drug-likeness (QED) is 0.550. The molecule has 1 aromatic carbocycles. The second kappa shape index (κ2) is 10.00. The molecule has 2 aromatic heterocycles. The molecule has 0 atom stereocenters. The molecule has 1 fully saturated rings. The van der Waals surface area contributed by atoms with Gasteiger partial charge < -0.3 is 9.42 Å². The van der Waals surface area contributed by atoms with E-state index in [9.17, 15) is 4.79 Å². The summed E-state index contributed by atoms with van der Waals surface area (Å²) >= 11 is 1.72. The van der Waals surface area contributed by atoms with Crippen molar-refractivity contribution in [3.05, 3.63) is 58.1 Å². The molecule has 3 heterocycles. The van der Waals surface area contributed by atoms with Crippen LogP contribution in [0.1, 0.15) is 29.2 Å². The fraction of sp³-hybridized carbons (Fsp3) is 0.435. The molecule has 0 bridgehead atoms. The highest BCUT2D eigenvalue weighted by Gasteiger charge is 2.21. The van der Waals surface area contributed by atoms with Gasteiger partial charge in [0.15, 0.2) is 0 Å². The number of piperazine rings is 1. The van der Waals surface area contributed by atoms with Gasteiger partial charge in [-0.15, -0.1) is 11.3 Å². The Morgan fingerprint density at radius 3 is 2.63 bits per heavy atom. The van der Waals surface area contributed by atoms with Crippen LogP contribution >= 0.6 is 11.3 Å². The molecule has 4 rings (SSSR count). The summed E-state index contributed by atoms with van der Waals surface area (Å²) in [5, 5.41) is 6.17. The highest BCUT2D eigenvalue weighted by atomic mass is 32.1. The molecule has 0 spiro atoms. The third kappa shape index (κ3) is 5.55. The number of aromatic nitrogens is 2. The molecular formula is C23H28N4O2S. The van der Waals surface area contributed by atoms with Gasteiger partial charge in [0.1, 0.15) is 0 Å². The van der Waals surface area contributed by atoms with Crippen molar-refractivity contribution in [3.8, 4) is 11.4 Å². The van der Waals surface area contributed by atoms with Crippen molar-refractivity contribution in [2.45, 2.75) is 32.6 Å². The van der Waals surface area contributed by atoms with E-state index < -0.39 is 0 Å². The molecule has 0 aliphatic carbocycles. The fourth-order valence-electron chi connectivity index (χ4n) is 3.69. The Labute approximate surface area is 181 Å². The van der Waals surface area contributed by atoms with Crippen LogP contribution in [0.15, 0.2) is 46.3 Å². The molecule has 1 saturated heterocycles. The van der Waals surface area contributed by atoms with Crippen LogP contribution in [0.3, 0.4) is 0 Å². The van der Waals surface area contributed by atoms with E-state index in [0.717, 1.165) is 57.5 Å². The molecule has 7 heteroatoms. The normalized spacial score (nSPS) is 14.9. The summed E-state index contributed by atoms with van der Waals surface area (Å²) in [6, 6.07) is 12.3. The van der Waals surface area contributed by atoms with E-state index in [4.69, 9.17) is 4.52 Å². The van der Waals surface area contributed by atoms with Crippen molar-refractivity contribution in [3.63, 3.8) is 0 Å². The number of benzene rings is 1. The van der Waals surface area contributed by atoms with E-state index in [1.54, 1.807) is 11.3 Å². The number of thiophene rings is 1. The van der Waals surface area contributed by atoms with Crippen LogP contribution in [0.2, 0.25) is 0 Å². The zero-order chi connectivity index (χ0) is 20.8. The molecule has 1 aliphatic rings. The second-order valence-electron chi connectivity index (χ2n) is 7.78. The van der Waals surface area contributed by atoms with Crippen molar-refractivity contribution >= 4 is 17.2 Å². The first-order valence-electron chi connectivity index (χ1n) is 10.6. The minimum absolute atomic E-state index is 0.276. The van der Waals surface area contributed by atoms with Crippen molar-refractivity contribution in [1.29, 1.82) is 0 Å². The number of hydrogen-bond acceptors (Lipinski definition) is 6. The van der Waals surface area contributed by atoms with E-state index in [2.05, 4.69) is 45.5 Å². The Balaban J connectivity index is 1.16. The summed E-state index contributed by atoms with van der Waals surface area (Å²) in [6.45, 7) is 6.56. The lowest BCUT2D eigenvalue weighted by Gasteiger charge is -2.34. The Morgan fingerprint density at radius 2 is 1.90 bits per heavy atom. The van der Waals surface area contributed by atoms with Gasteiger partial charge in [0, 0.05) is 49.5 Å². The van der Waals surface area contributed by atoms with Crippen LogP contribution in [0.5, 0.6) is 0 Å². The average Bonchev–Trinajstić information content (AvgIpc) is 3.45. The average molecular weight is 425 g/mol. The number of hydrogen-bond donors (Lipinski definition) is 0. The highest BCUT2D eigenvalue weighted by molar-refractivity contribution is 7.09. The van der Waals surface area contributed by atoms with Gasteiger partial charge in [0.05, 0.1) is 0 Å². The summed E-state index contributed by atoms with van der Waals surface area (Å²) in [5.41, 5.74) is 2.20. The predicted octanol–water partition coefficient (Wildman–Crippen LogP) is 3.82. The monoisotopic (exact) mass is 424 g/mol. The van der Waals surface area contributed by atoms with Gasteiger partial charge in [-0.05, 0) is 37.8 Å². The molecule has 0 unspecified atom stereocenters. The third-order valence-corrected chi connectivity index (χ3v) is 6.47. The lowest BCUT2D eigenvalue weighted by atomic mass is 10.1. The van der Waals surface area contributed by atoms with Crippen molar-refractivity contribution in [2.75, 3.05) is 32.7 Å². The maximum Gasteiger partial charge on any atom is 0.227 e. The van der Waals surface area contributed by atoms with Crippen molar-refractivity contribution < 1.29 is 9.32 Å². The van der Waals surface area contributed by atoms with Gasteiger partial charge in [0.25, 0.3) is 0 Å². The smallest absolute Gasteiger partial charge is 0.227 e. The Hall–Kier alpha value is -2.51. The summed E-state index contributed by atoms with van der Waals surface area (Å²) in [7, 11) is 0. The van der Waals surface area contributed by atoms with Crippen LogP contribution in [0.4, 0.5) is 0 Å². The first kappa shape index (κ1) is 20.8. The first-order valence-corrected chi connectivity index (χ1v) is 11.5. The zero-order valence-corrected chi connectivity index (χ0v) is 18.2. The van der Waals surface area contributed by atoms with Crippen LogP contribution in [-0.4, -0.2) is 58.6 Å². The molecule has 0 N–H and O–H groups in total. The van der Waals surface area contributed by atoms with Crippen molar-refractivity contribution in [1.82, 2.24) is 19.9 Å². The predicted molar refractivity (Wildman–Crippen MR) is 118 cm³/mol. The first-order chi connectivity index (χ1) is 14.7. The minimum Gasteiger partial charge on any atom is -0.340 e. The van der Waals surface area contributed by atoms with Gasteiger partial charge in [-0.1, -0.05) is 41.1 Å². The Kier molecular flexibility index (Phi) is 6.92. The summed E-state index contributed by atoms with van der Waals surface area (Å²) in [6.07, 6.45) is 3.22. The Bertz CT molecular complexity index is 929. The van der Waals surface area contributed by atoms with Gasteiger partial charge in [-0.2, -0.15) is 4.98 Å². The number of aryl methyl sites for hydroxylation is 3. The van der Waals surface area contributed by atoms with Crippen LogP contribution in [0, 0.1) is 6.92 Å². The van der Waals surface area contributed by atoms with Crippen molar-refractivity contribution in [2.24, 2.45) is 0 Å². The maximum atomic E-state index is 12.4. The van der Waals surface area contributed by atoms with E-state index in [0.29, 0.717) is 18.1 Å².